The predicted octanol–water partition coefficient (Wildman–Crippen LogP) is 3.62. The molecule has 0 fully saturated rings. The van der Waals surface area contributed by atoms with Gasteiger partial charge in [0.1, 0.15) is 4.90 Å². The van der Waals surface area contributed by atoms with E-state index in [0.717, 1.165) is 6.07 Å². The summed E-state index contributed by atoms with van der Waals surface area (Å²) in [7, 11) is -4.44. The second-order valence-corrected chi connectivity index (χ2v) is 5.23. The first-order valence-electron chi connectivity index (χ1n) is 5.49. The van der Waals surface area contributed by atoms with Gasteiger partial charge in [0, 0.05) is 16.3 Å². The zero-order chi connectivity index (χ0) is 14.6. The Bertz CT molecular complexity index is 769. The van der Waals surface area contributed by atoms with E-state index < -0.39 is 10.1 Å². The molecule has 0 aliphatic carbocycles. The van der Waals surface area contributed by atoms with Crippen LogP contribution in [0.1, 0.15) is 0 Å². The van der Waals surface area contributed by atoms with Crippen LogP contribution in [0.3, 0.4) is 0 Å². The monoisotopic (exact) mass is 290 g/mol. The minimum atomic E-state index is -4.44. The Labute approximate surface area is 115 Å². The van der Waals surface area contributed by atoms with Crippen LogP contribution >= 0.6 is 0 Å². The van der Waals surface area contributed by atoms with Crippen LogP contribution in [0.25, 0.3) is 10.4 Å². The molecule has 0 saturated carbocycles. The fourth-order valence-electron chi connectivity index (χ4n) is 1.62. The predicted molar refractivity (Wildman–Crippen MR) is 74.8 cm³/mol. The molecule has 0 aliphatic rings. The van der Waals surface area contributed by atoms with Gasteiger partial charge < -0.3 is 5.32 Å². The van der Waals surface area contributed by atoms with Gasteiger partial charge in [-0.1, -0.05) is 29.4 Å². The van der Waals surface area contributed by atoms with Gasteiger partial charge in [-0.25, -0.2) is 0 Å². The zero-order valence-corrected chi connectivity index (χ0v) is 10.9. The van der Waals surface area contributed by atoms with E-state index in [1.807, 2.05) is 6.07 Å². The first-order valence-corrected chi connectivity index (χ1v) is 6.93. The van der Waals surface area contributed by atoms with Crippen LogP contribution in [0.15, 0.2) is 58.5 Å². The van der Waals surface area contributed by atoms with Gasteiger partial charge in [0.2, 0.25) is 0 Å². The molecule has 0 spiro atoms. The van der Waals surface area contributed by atoms with E-state index in [9.17, 15) is 13.0 Å². The molecular weight excluding hydrogens is 280 g/mol. The van der Waals surface area contributed by atoms with Crippen LogP contribution in [-0.4, -0.2) is 13.0 Å². The number of nitrogens with one attached hydrogen (secondary N) is 1. The molecular formula is C12H10N4O3S. The lowest BCUT2D eigenvalue weighted by molar-refractivity contribution is 0.483. The van der Waals surface area contributed by atoms with Crippen molar-refractivity contribution in [1.82, 2.24) is 0 Å². The first kappa shape index (κ1) is 13.9. The Kier molecular flexibility index (Phi) is 3.90. The third-order valence-corrected chi connectivity index (χ3v) is 3.35. The van der Waals surface area contributed by atoms with Crippen LogP contribution in [0.5, 0.6) is 0 Å². The zero-order valence-electron chi connectivity index (χ0n) is 10.1. The lowest BCUT2D eigenvalue weighted by Crippen LogP contribution is -2.03. The Morgan fingerprint density at radius 1 is 1.15 bits per heavy atom. The van der Waals surface area contributed by atoms with Crippen molar-refractivity contribution in [2.75, 3.05) is 5.32 Å². The molecule has 0 bridgehead atoms. The highest BCUT2D eigenvalue weighted by molar-refractivity contribution is 7.86. The average molecular weight is 290 g/mol. The summed E-state index contributed by atoms with van der Waals surface area (Å²) in [5.74, 6) is 0. The maximum atomic E-state index is 11.4. The Balaban J connectivity index is 2.50. The summed E-state index contributed by atoms with van der Waals surface area (Å²) in [6, 6.07) is 12.8. The maximum Gasteiger partial charge on any atom is 0.296 e. The molecule has 0 heterocycles. The maximum absolute atomic E-state index is 11.4. The van der Waals surface area contributed by atoms with Gasteiger partial charge >= 0.3 is 0 Å². The van der Waals surface area contributed by atoms with Gasteiger partial charge in [0.05, 0.1) is 5.69 Å². The molecule has 2 aromatic rings. The number of nitrogens with zero attached hydrogens (tertiary/aromatic N) is 3. The molecule has 0 amide bonds. The molecule has 7 nitrogen and oxygen atoms in total. The van der Waals surface area contributed by atoms with Gasteiger partial charge in [-0.2, -0.15) is 8.42 Å². The molecule has 102 valence electrons. The van der Waals surface area contributed by atoms with E-state index in [0.29, 0.717) is 5.69 Å². The van der Waals surface area contributed by atoms with Gasteiger partial charge in [-0.15, -0.1) is 0 Å². The molecule has 0 aliphatic heterocycles. The number of rotatable bonds is 4. The lowest BCUT2D eigenvalue weighted by atomic mass is 10.2. The molecule has 2 N–H and O–H groups in total. The fourth-order valence-corrected chi connectivity index (χ4v) is 2.29. The molecule has 0 saturated heterocycles. The summed E-state index contributed by atoms with van der Waals surface area (Å²) in [5.41, 5.74) is 9.30. The van der Waals surface area contributed by atoms with Crippen molar-refractivity contribution in [2.45, 2.75) is 4.90 Å². The topological polar surface area (TPSA) is 115 Å². The van der Waals surface area contributed by atoms with E-state index in [1.165, 1.54) is 12.1 Å². The van der Waals surface area contributed by atoms with Crippen LogP contribution in [0, 0.1) is 0 Å². The van der Waals surface area contributed by atoms with Gasteiger partial charge in [0.15, 0.2) is 0 Å². The van der Waals surface area contributed by atoms with Crippen molar-refractivity contribution in [3.05, 3.63) is 59.0 Å². The fraction of sp³-hybridized carbons (Fsp3) is 0. The number of hydrogen-bond acceptors (Lipinski definition) is 4. The Morgan fingerprint density at radius 3 is 2.45 bits per heavy atom. The van der Waals surface area contributed by atoms with Gasteiger partial charge in [-0.05, 0) is 29.8 Å². The van der Waals surface area contributed by atoms with Crippen molar-refractivity contribution < 1.29 is 13.0 Å². The van der Waals surface area contributed by atoms with Crippen LogP contribution in [0.4, 0.5) is 17.1 Å². The quantitative estimate of drug-likeness (QED) is 0.387. The highest BCUT2D eigenvalue weighted by atomic mass is 32.2. The Morgan fingerprint density at radius 2 is 1.85 bits per heavy atom. The molecule has 0 aromatic heterocycles. The minimum Gasteiger partial charge on any atom is -0.354 e. The van der Waals surface area contributed by atoms with Crippen molar-refractivity contribution in [2.24, 2.45) is 5.11 Å². The van der Waals surface area contributed by atoms with Gasteiger partial charge in [0.25, 0.3) is 10.1 Å². The normalized spacial score (nSPS) is 10.7. The molecule has 2 aromatic carbocycles. The van der Waals surface area contributed by atoms with E-state index >= 15 is 0 Å². The third kappa shape index (κ3) is 3.27. The number of azide groups is 1. The summed E-state index contributed by atoms with van der Waals surface area (Å²) in [6.45, 7) is 0. The molecule has 0 unspecified atom stereocenters. The van der Waals surface area contributed by atoms with Crippen LogP contribution in [-0.2, 0) is 10.1 Å². The summed E-state index contributed by atoms with van der Waals surface area (Å²) in [6.07, 6.45) is 0. The summed E-state index contributed by atoms with van der Waals surface area (Å²) in [4.78, 5) is 2.22. The van der Waals surface area contributed by atoms with E-state index in [4.69, 9.17) is 5.53 Å². The van der Waals surface area contributed by atoms with Crippen LogP contribution < -0.4 is 5.32 Å². The molecule has 0 radical (unpaired) electrons. The smallest absolute Gasteiger partial charge is 0.296 e. The second-order valence-electron chi connectivity index (χ2n) is 3.84. The molecule has 0 atom stereocenters. The number of para-hydroxylation sites is 1. The summed E-state index contributed by atoms with van der Waals surface area (Å²) in [5, 5.41) is 6.18. The van der Waals surface area contributed by atoms with E-state index in [1.54, 1.807) is 24.3 Å². The standard InChI is InChI=1S/C12H10N4O3S/c13-16-15-10-6-7-11(12(8-10)20(17,18)19)14-9-4-2-1-3-5-9/h1-8,14H,(H,17,18,19). The number of benzene rings is 2. The highest BCUT2D eigenvalue weighted by Crippen LogP contribution is 2.29. The van der Waals surface area contributed by atoms with Gasteiger partial charge in [-0.3, -0.25) is 4.55 Å². The molecule has 20 heavy (non-hydrogen) atoms. The molecule has 2 rings (SSSR count). The number of anilines is 2. The molecule has 8 heteroatoms. The van der Waals surface area contributed by atoms with Crippen molar-refractivity contribution >= 4 is 27.2 Å². The lowest BCUT2D eigenvalue weighted by Gasteiger charge is -2.10. The van der Waals surface area contributed by atoms with Crippen molar-refractivity contribution in [1.29, 1.82) is 0 Å². The van der Waals surface area contributed by atoms with E-state index in [-0.39, 0.29) is 16.3 Å². The van der Waals surface area contributed by atoms with E-state index in [2.05, 4.69) is 15.3 Å². The third-order valence-electron chi connectivity index (χ3n) is 2.46. The first-order chi connectivity index (χ1) is 9.50. The SMILES string of the molecule is [N-]=[N+]=Nc1ccc(Nc2ccccc2)c(S(=O)(=O)O)c1. The number of hydrogen-bond donors (Lipinski definition) is 2. The van der Waals surface area contributed by atoms with Crippen molar-refractivity contribution in [3.8, 4) is 0 Å². The summed E-state index contributed by atoms with van der Waals surface area (Å²) >= 11 is 0. The largest absolute Gasteiger partial charge is 0.354 e. The summed E-state index contributed by atoms with van der Waals surface area (Å²) < 4.78 is 32.0. The Hall–Kier alpha value is -2.54. The van der Waals surface area contributed by atoms with Crippen LogP contribution in [0.2, 0.25) is 0 Å². The average Bonchev–Trinajstić information content (AvgIpc) is 2.41. The highest BCUT2D eigenvalue weighted by Gasteiger charge is 2.16. The van der Waals surface area contributed by atoms with Crippen molar-refractivity contribution in [3.63, 3.8) is 0 Å². The minimum absolute atomic E-state index is 0.0961. The second kappa shape index (κ2) is 5.62.